The predicted octanol–water partition coefficient (Wildman–Crippen LogP) is 2.81. The molecule has 2 N–H and O–H groups in total. The molecule has 0 aliphatic carbocycles. The molecule has 0 fully saturated rings. The van der Waals surface area contributed by atoms with Crippen LogP contribution < -0.4 is 5.73 Å². The molecule has 0 saturated heterocycles. The monoisotopic (exact) mass is 245 g/mol. The van der Waals surface area contributed by atoms with E-state index in [-0.39, 0.29) is 11.6 Å². The van der Waals surface area contributed by atoms with E-state index < -0.39 is 11.9 Å². The number of anilines is 1. The van der Waals surface area contributed by atoms with E-state index in [1.807, 2.05) is 0 Å². The van der Waals surface area contributed by atoms with E-state index >= 15 is 0 Å². The van der Waals surface area contributed by atoms with Crippen LogP contribution in [0.2, 0.25) is 0 Å². The number of halogens is 3. The maximum atomic E-state index is 12.4. The van der Waals surface area contributed by atoms with Crippen LogP contribution in [0.3, 0.4) is 0 Å². The topological polar surface area (TPSA) is 51.8 Å². The Kier molecular flexibility index (Phi) is 2.55. The summed E-state index contributed by atoms with van der Waals surface area (Å²) in [6, 6.07) is 4.29. The number of nitrogens with two attached hydrogens (primary N) is 1. The molecule has 0 aliphatic heterocycles. The Hall–Kier alpha value is -1.63. The molecule has 0 unspecified atom stereocenters. The third kappa shape index (κ3) is 2.13. The smallest absolute Gasteiger partial charge is 0.368 e. The average molecular weight is 245 g/mol. The van der Waals surface area contributed by atoms with Crippen LogP contribution in [0, 0.1) is 0 Å². The van der Waals surface area contributed by atoms with E-state index in [4.69, 9.17) is 5.73 Å². The van der Waals surface area contributed by atoms with Crippen LogP contribution in [-0.4, -0.2) is 9.97 Å². The zero-order chi connectivity index (χ0) is 11.8. The van der Waals surface area contributed by atoms with Crippen LogP contribution in [-0.2, 0) is 6.18 Å². The molecule has 3 nitrogen and oxygen atoms in total. The average Bonchev–Trinajstić information content (AvgIpc) is 2.68. The quantitative estimate of drug-likeness (QED) is 0.840. The van der Waals surface area contributed by atoms with Crippen LogP contribution >= 0.6 is 11.3 Å². The van der Waals surface area contributed by atoms with Gasteiger partial charge in [-0.1, -0.05) is 6.07 Å². The minimum absolute atomic E-state index is 0.190. The minimum atomic E-state index is -4.51. The van der Waals surface area contributed by atoms with Crippen molar-refractivity contribution in [2.45, 2.75) is 6.18 Å². The molecule has 0 spiro atoms. The first-order valence-electron chi connectivity index (χ1n) is 4.22. The highest BCUT2D eigenvalue weighted by molar-refractivity contribution is 7.13. The Morgan fingerprint density at radius 1 is 1.25 bits per heavy atom. The molecule has 2 aromatic rings. The van der Waals surface area contributed by atoms with Crippen molar-refractivity contribution in [3.8, 4) is 10.6 Å². The lowest BCUT2D eigenvalue weighted by atomic mass is 10.3. The Labute approximate surface area is 92.8 Å². The van der Waals surface area contributed by atoms with Crippen LogP contribution in [0.25, 0.3) is 10.6 Å². The maximum Gasteiger partial charge on any atom is 0.433 e. The van der Waals surface area contributed by atoms with Gasteiger partial charge in [0.25, 0.3) is 0 Å². The standard InChI is InChI=1S/C9H6F3N3S/c10-9(11,12)7-4-5(14-8(13)15-7)6-2-1-3-16-6/h1-4H,(H2,13,14,15). The molecule has 2 aromatic heterocycles. The summed E-state index contributed by atoms with van der Waals surface area (Å²) in [7, 11) is 0. The first kappa shape index (κ1) is 10.9. The van der Waals surface area contributed by atoms with Crippen molar-refractivity contribution in [1.82, 2.24) is 9.97 Å². The fourth-order valence-electron chi connectivity index (χ4n) is 1.16. The molecule has 0 aromatic carbocycles. The number of hydrogen-bond donors (Lipinski definition) is 1. The van der Waals surface area contributed by atoms with Crippen molar-refractivity contribution in [3.63, 3.8) is 0 Å². The van der Waals surface area contributed by atoms with Gasteiger partial charge in [0.15, 0.2) is 5.69 Å². The Morgan fingerprint density at radius 3 is 2.56 bits per heavy atom. The Balaban J connectivity index is 2.53. The summed E-state index contributed by atoms with van der Waals surface area (Å²) < 4.78 is 37.3. The van der Waals surface area contributed by atoms with Crippen molar-refractivity contribution < 1.29 is 13.2 Å². The lowest BCUT2D eigenvalue weighted by Gasteiger charge is -2.07. The van der Waals surface area contributed by atoms with E-state index in [1.54, 1.807) is 17.5 Å². The maximum absolute atomic E-state index is 12.4. The Bertz CT molecular complexity index is 493. The summed E-state index contributed by atoms with van der Waals surface area (Å²) in [5.41, 5.74) is 4.41. The zero-order valence-corrected chi connectivity index (χ0v) is 8.64. The Morgan fingerprint density at radius 2 is 2.00 bits per heavy atom. The van der Waals surface area contributed by atoms with Gasteiger partial charge in [0.05, 0.1) is 10.6 Å². The largest absolute Gasteiger partial charge is 0.433 e. The highest BCUT2D eigenvalue weighted by Gasteiger charge is 2.33. The molecule has 0 atom stereocenters. The van der Waals surface area contributed by atoms with Crippen molar-refractivity contribution in [1.29, 1.82) is 0 Å². The summed E-state index contributed by atoms with van der Waals surface area (Å²) in [6.07, 6.45) is -4.51. The molecule has 0 aliphatic rings. The van der Waals surface area contributed by atoms with Gasteiger partial charge in [0.2, 0.25) is 5.95 Å². The van der Waals surface area contributed by atoms with Crippen LogP contribution in [0.15, 0.2) is 23.6 Å². The number of thiophene rings is 1. The lowest BCUT2D eigenvalue weighted by Crippen LogP contribution is -2.11. The number of nitrogen functional groups attached to an aromatic ring is 1. The lowest BCUT2D eigenvalue weighted by molar-refractivity contribution is -0.141. The highest BCUT2D eigenvalue weighted by Crippen LogP contribution is 2.31. The number of alkyl halides is 3. The highest BCUT2D eigenvalue weighted by atomic mass is 32.1. The van der Waals surface area contributed by atoms with Gasteiger partial charge in [-0.3, -0.25) is 0 Å². The van der Waals surface area contributed by atoms with E-state index in [9.17, 15) is 13.2 Å². The van der Waals surface area contributed by atoms with Gasteiger partial charge in [-0.25, -0.2) is 9.97 Å². The molecule has 84 valence electrons. The third-order valence-electron chi connectivity index (χ3n) is 1.81. The van der Waals surface area contributed by atoms with E-state index in [1.165, 1.54) is 11.3 Å². The van der Waals surface area contributed by atoms with Crippen molar-refractivity contribution in [2.24, 2.45) is 0 Å². The summed E-state index contributed by atoms with van der Waals surface area (Å²) in [6.45, 7) is 0. The van der Waals surface area contributed by atoms with E-state index in [2.05, 4.69) is 9.97 Å². The molecule has 2 heterocycles. The van der Waals surface area contributed by atoms with Crippen LogP contribution in [0.1, 0.15) is 5.69 Å². The molecular weight excluding hydrogens is 239 g/mol. The van der Waals surface area contributed by atoms with E-state index in [0.717, 1.165) is 6.07 Å². The fraction of sp³-hybridized carbons (Fsp3) is 0.111. The second-order valence-electron chi connectivity index (χ2n) is 2.97. The van der Waals surface area contributed by atoms with Crippen molar-refractivity contribution in [3.05, 3.63) is 29.3 Å². The molecule has 7 heteroatoms. The summed E-state index contributed by atoms with van der Waals surface area (Å²) in [5.74, 6) is -0.377. The summed E-state index contributed by atoms with van der Waals surface area (Å²) >= 11 is 1.29. The van der Waals surface area contributed by atoms with Gasteiger partial charge in [0.1, 0.15) is 0 Å². The van der Waals surface area contributed by atoms with Gasteiger partial charge in [-0.2, -0.15) is 13.2 Å². The molecule has 2 rings (SSSR count). The number of hydrogen-bond acceptors (Lipinski definition) is 4. The van der Waals surface area contributed by atoms with Gasteiger partial charge >= 0.3 is 6.18 Å². The number of nitrogens with zero attached hydrogens (tertiary/aromatic N) is 2. The first-order chi connectivity index (χ1) is 7.47. The van der Waals surface area contributed by atoms with Crippen molar-refractivity contribution >= 4 is 17.3 Å². The van der Waals surface area contributed by atoms with Gasteiger partial charge in [0, 0.05) is 0 Å². The van der Waals surface area contributed by atoms with Crippen LogP contribution in [0.4, 0.5) is 19.1 Å². The predicted molar refractivity (Wildman–Crippen MR) is 54.8 cm³/mol. The summed E-state index contributed by atoms with van der Waals surface area (Å²) in [5, 5.41) is 1.75. The third-order valence-corrected chi connectivity index (χ3v) is 2.70. The molecule has 0 radical (unpaired) electrons. The number of rotatable bonds is 1. The van der Waals surface area contributed by atoms with Gasteiger partial charge < -0.3 is 5.73 Å². The SMILES string of the molecule is Nc1nc(-c2cccs2)cc(C(F)(F)F)n1. The summed E-state index contributed by atoms with van der Waals surface area (Å²) in [4.78, 5) is 7.55. The molecule has 0 bridgehead atoms. The normalized spacial score (nSPS) is 11.7. The molecule has 0 saturated carbocycles. The zero-order valence-electron chi connectivity index (χ0n) is 7.82. The molecular formula is C9H6F3N3S. The fourth-order valence-corrected chi connectivity index (χ4v) is 1.85. The second-order valence-corrected chi connectivity index (χ2v) is 3.92. The first-order valence-corrected chi connectivity index (χ1v) is 5.10. The molecule has 0 amide bonds. The second kappa shape index (κ2) is 3.75. The van der Waals surface area contributed by atoms with Gasteiger partial charge in [-0.05, 0) is 17.5 Å². The van der Waals surface area contributed by atoms with Gasteiger partial charge in [-0.15, -0.1) is 11.3 Å². The van der Waals surface area contributed by atoms with Crippen molar-refractivity contribution in [2.75, 3.05) is 5.73 Å². The van der Waals surface area contributed by atoms with Crippen LogP contribution in [0.5, 0.6) is 0 Å². The van der Waals surface area contributed by atoms with E-state index in [0.29, 0.717) is 4.88 Å². The number of aromatic nitrogens is 2. The minimum Gasteiger partial charge on any atom is -0.368 e. The molecule has 16 heavy (non-hydrogen) atoms.